The van der Waals surface area contributed by atoms with Crippen LogP contribution in [0.25, 0.3) is 17.0 Å². The maximum atomic E-state index is 3.92. The summed E-state index contributed by atoms with van der Waals surface area (Å²) < 4.78 is 1.04. The van der Waals surface area contributed by atoms with E-state index in [2.05, 4.69) is 39.2 Å². The summed E-state index contributed by atoms with van der Waals surface area (Å²) in [4.78, 5) is 7.09. The van der Waals surface area contributed by atoms with Gasteiger partial charge >= 0.3 is 0 Å². The molecule has 0 fully saturated rings. The molecule has 1 heterocycles. The van der Waals surface area contributed by atoms with Crippen LogP contribution >= 0.6 is 15.9 Å². The van der Waals surface area contributed by atoms with Gasteiger partial charge in [-0.3, -0.25) is 0 Å². The highest BCUT2D eigenvalue weighted by molar-refractivity contribution is 9.10. The highest BCUT2D eigenvalue weighted by Crippen LogP contribution is 2.30. The number of nitrogens with one attached hydrogen (secondary N) is 1. The molecule has 2 nitrogen and oxygen atoms in total. The molecule has 0 radical (unpaired) electrons. The zero-order chi connectivity index (χ0) is 10.1. The summed E-state index contributed by atoms with van der Waals surface area (Å²) in [7, 11) is 0. The number of aliphatic imine (C=N–C) groups is 1. The van der Waals surface area contributed by atoms with Crippen molar-refractivity contribution in [1.82, 2.24) is 4.98 Å². The number of benzene rings is 1. The molecule has 0 amide bonds. The van der Waals surface area contributed by atoms with Gasteiger partial charge < -0.3 is 4.98 Å². The summed E-state index contributed by atoms with van der Waals surface area (Å²) in [5.74, 6) is 0.771. The van der Waals surface area contributed by atoms with Crippen molar-refractivity contribution in [3.8, 4) is 0 Å². The van der Waals surface area contributed by atoms with Crippen molar-refractivity contribution in [1.29, 1.82) is 0 Å². The van der Waals surface area contributed by atoms with Gasteiger partial charge in [0.25, 0.3) is 0 Å². The van der Waals surface area contributed by atoms with Crippen molar-refractivity contribution >= 4 is 45.4 Å². The third-order valence-corrected chi connectivity index (χ3v) is 2.64. The topological polar surface area (TPSA) is 28.1 Å². The smallest absolute Gasteiger partial charge is 0.137 e. The van der Waals surface area contributed by atoms with Crippen LogP contribution in [0.1, 0.15) is 5.56 Å². The molecule has 70 valence electrons. The van der Waals surface area contributed by atoms with Gasteiger partial charge in [0, 0.05) is 20.9 Å². The summed E-state index contributed by atoms with van der Waals surface area (Å²) in [6.07, 6.45) is 1.79. The molecule has 0 atom stereocenters. The third kappa shape index (κ3) is 1.30. The molecule has 1 aromatic heterocycles. The lowest BCUT2D eigenvalue weighted by atomic mass is 10.1. The van der Waals surface area contributed by atoms with E-state index in [9.17, 15) is 0 Å². The summed E-state index contributed by atoms with van der Waals surface area (Å²) in [6.45, 7) is 7.28. The van der Waals surface area contributed by atoms with Crippen LogP contribution in [0.5, 0.6) is 0 Å². The lowest BCUT2D eigenvalue weighted by molar-refractivity contribution is 1.38. The average molecular weight is 249 g/mol. The van der Waals surface area contributed by atoms with E-state index in [4.69, 9.17) is 0 Å². The third-order valence-electron chi connectivity index (χ3n) is 2.14. The molecule has 2 aromatic rings. The molecule has 0 spiro atoms. The van der Waals surface area contributed by atoms with E-state index < -0.39 is 0 Å². The molecule has 0 bridgehead atoms. The number of nitrogens with zero attached hydrogens (tertiary/aromatic N) is 1. The quantitative estimate of drug-likeness (QED) is 0.782. The number of hydrogen-bond acceptors (Lipinski definition) is 1. The standard InChI is InChI=1S/C11H9BrN2/c1-3-8-9-6-7(12)4-5-10(9)14-11(8)13-2/h3-6,14H,1-2H2. The largest absolute Gasteiger partial charge is 0.339 e. The number of rotatable bonds is 2. The van der Waals surface area contributed by atoms with Crippen LogP contribution in [0.15, 0.2) is 34.2 Å². The predicted molar refractivity (Wildman–Crippen MR) is 65.3 cm³/mol. The van der Waals surface area contributed by atoms with Gasteiger partial charge in [-0.1, -0.05) is 28.6 Å². The van der Waals surface area contributed by atoms with E-state index >= 15 is 0 Å². The Balaban J connectivity index is 2.87. The molecule has 1 aromatic carbocycles. The Kier molecular flexibility index (Phi) is 2.25. The SMILES string of the molecule is C=Cc1c(N=C)[nH]c2ccc(Br)cc12. The fraction of sp³-hybridized carbons (Fsp3) is 0. The number of H-pyrrole nitrogens is 1. The fourth-order valence-electron chi connectivity index (χ4n) is 1.50. The number of hydrogen-bond donors (Lipinski definition) is 1. The van der Waals surface area contributed by atoms with Crippen LogP contribution < -0.4 is 0 Å². The Hall–Kier alpha value is -1.35. The molecule has 0 aliphatic heterocycles. The predicted octanol–water partition coefficient (Wildman–Crippen LogP) is 3.91. The molecule has 1 N–H and O–H groups in total. The van der Waals surface area contributed by atoms with Gasteiger partial charge in [0.15, 0.2) is 0 Å². The molecule has 2 rings (SSSR count). The zero-order valence-corrected chi connectivity index (χ0v) is 9.13. The van der Waals surface area contributed by atoms with Crippen LogP contribution in [-0.2, 0) is 0 Å². The minimum absolute atomic E-state index is 0.771. The lowest BCUT2D eigenvalue weighted by Crippen LogP contribution is -1.69. The van der Waals surface area contributed by atoms with Crippen molar-refractivity contribution in [2.75, 3.05) is 0 Å². The van der Waals surface area contributed by atoms with Crippen LogP contribution in [0, 0.1) is 0 Å². The second-order valence-electron chi connectivity index (χ2n) is 2.94. The minimum atomic E-state index is 0.771. The molecule has 14 heavy (non-hydrogen) atoms. The van der Waals surface area contributed by atoms with E-state index in [1.165, 1.54) is 0 Å². The van der Waals surface area contributed by atoms with Crippen molar-refractivity contribution in [2.24, 2.45) is 4.99 Å². The summed E-state index contributed by atoms with van der Waals surface area (Å²) in [5.41, 5.74) is 2.04. The fourth-order valence-corrected chi connectivity index (χ4v) is 1.86. The van der Waals surface area contributed by atoms with Crippen LogP contribution in [0.4, 0.5) is 5.82 Å². The minimum Gasteiger partial charge on any atom is -0.339 e. The van der Waals surface area contributed by atoms with Crippen molar-refractivity contribution in [2.45, 2.75) is 0 Å². The van der Waals surface area contributed by atoms with Gasteiger partial charge in [-0.2, -0.15) is 0 Å². The van der Waals surface area contributed by atoms with E-state index in [1.54, 1.807) is 6.08 Å². The first kappa shape index (κ1) is 9.21. The van der Waals surface area contributed by atoms with Gasteiger partial charge in [0.2, 0.25) is 0 Å². The molecule has 0 saturated heterocycles. The van der Waals surface area contributed by atoms with Gasteiger partial charge in [-0.15, -0.1) is 0 Å². The number of halogens is 1. The van der Waals surface area contributed by atoms with Crippen molar-refractivity contribution in [3.05, 3.63) is 34.8 Å². The average Bonchev–Trinajstić information content (AvgIpc) is 2.54. The molecular weight excluding hydrogens is 240 g/mol. The summed E-state index contributed by atoms with van der Waals surface area (Å²) in [6, 6.07) is 6.02. The Labute approximate surface area is 90.5 Å². The zero-order valence-electron chi connectivity index (χ0n) is 7.55. The lowest BCUT2D eigenvalue weighted by Gasteiger charge is -1.92. The van der Waals surface area contributed by atoms with Crippen LogP contribution in [0.2, 0.25) is 0 Å². The Morgan fingerprint density at radius 2 is 2.21 bits per heavy atom. The molecule has 0 aliphatic carbocycles. The second kappa shape index (κ2) is 3.42. The van der Waals surface area contributed by atoms with E-state index in [-0.39, 0.29) is 0 Å². The number of aromatic nitrogens is 1. The second-order valence-corrected chi connectivity index (χ2v) is 3.86. The van der Waals surface area contributed by atoms with Crippen molar-refractivity contribution in [3.63, 3.8) is 0 Å². The maximum Gasteiger partial charge on any atom is 0.137 e. The highest BCUT2D eigenvalue weighted by atomic mass is 79.9. The van der Waals surface area contributed by atoms with Gasteiger partial charge in [0.1, 0.15) is 5.82 Å². The Morgan fingerprint density at radius 1 is 1.43 bits per heavy atom. The highest BCUT2D eigenvalue weighted by Gasteiger charge is 2.06. The molecule has 0 saturated carbocycles. The Morgan fingerprint density at radius 3 is 2.86 bits per heavy atom. The Bertz CT molecular complexity index is 511. The first-order chi connectivity index (χ1) is 6.76. The van der Waals surface area contributed by atoms with E-state index in [0.717, 1.165) is 26.8 Å². The molecule has 0 unspecified atom stereocenters. The number of fused-ring (bicyclic) bond motifs is 1. The monoisotopic (exact) mass is 248 g/mol. The van der Waals surface area contributed by atoms with Gasteiger partial charge in [0.05, 0.1) is 0 Å². The van der Waals surface area contributed by atoms with E-state index in [1.807, 2.05) is 18.2 Å². The van der Waals surface area contributed by atoms with Gasteiger partial charge in [-0.05, 0) is 24.9 Å². The molecular formula is C11H9BrN2. The number of aromatic amines is 1. The molecule has 3 heteroatoms. The normalized spacial score (nSPS) is 10.4. The first-order valence-electron chi connectivity index (χ1n) is 4.16. The van der Waals surface area contributed by atoms with Crippen LogP contribution in [-0.4, -0.2) is 11.7 Å². The van der Waals surface area contributed by atoms with Crippen molar-refractivity contribution < 1.29 is 0 Å². The first-order valence-corrected chi connectivity index (χ1v) is 4.96. The maximum absolute atomic E-state index is 3.92. The molecule has 0 aliphatic rings. The van der Waals surface area contributed by atoms with Crippen LogP contribution in [0.3, 0.4) is 0 Å². The van der Waals surface area contributed by atoms with E-state index in [0.29, 0.717) is 0 Å². The van der Waals surface area contributed by atoms with Gasteiger partial charge in [-0.25, -0.2) is 4.99 Å². The summed E-state index contributed by atoms with van der Waals surface area (Å²) >= 11 is 3.43. The summed E-state index contributed by atoms with van der Waals surface area (Å²) in [5, 5.41) is 1.11.